The minimum atomic E-state index is 0.482. The predicted octanol–water partition coefficient (Wildman–Crippen LogP) is 3.43. The van der Waals surface area contributed by atoms with E-state index in [0.29, 0.717) is 11.8 Å². The van der Waals surface area contributed by atoms with E-state index in [0.717, 1.165) is 17.9 Å². The Balaban J connectivity index is 1.94. The van der Waals surface area contributed by atoms with E-state index >= 15 is 0 Å². The third-order valence-electron chi connectivity index (χ3n) is 4.27. The molecule has 1 saturated heterocycles. The first-order valence-electron chi connectivity index (χ1n) is 7.37. The number of aryl methyl sites for hydroxylation is 1. The highest BCUT2D eigenvalue weighted by Gasteiger charge is 2.20. The lowest BCUT2D eigenvalue weighted by molar-refractivity contribution is 0.195. The van der Waals surface area contributed by atoms with E-state index in [4.69, 9.17) is 11.6 Å². The van der Waals surface area contributed by atoms with Crippen LogP contribution in [0.1, 0.15) is 24.2 Å². The molecular formula is C16H22ClN3. The van der Waals surface area contributed by atoms with Crippen LogP contribution in [0, 0.1) is 12.8 Å². The second kappa shape index (κ2) is 5.74. The van der Waals surface area contributed by atoms with Crippen LogP contribution in [0.25, 0.3) is 11.0 Å². The third kappa shape index (κ3) is 2.70. The maximum Gasteiger partial charge on any atom is 0.124 e. The summed E-state index contributed by atoms with van der Waals surface area (Å²) in [6.45, 7) is 5.56. The fourth-order valence-corrected chi connectivity index (χ4v) is 3.47. The van der Waals surface area contributed by atoms with Crippen LogP contribution in [0.5, 0.6) is 0 Å². The SMILES string of the molecule is Cc1ccc2nc(CCl)n(CC3CCCN(C)C3)c2c1. The lowest BCUT2D eigenvalue weighted by atomic mass is 9.98. The molecule has 1 aromatic heterocycles. The highest BCUT2D eigenvalue weighted by molar-refractivity contribution is 6.16. The quantitative estimate of drug-likeness (QED) is 0.808. The summed E-state index contributed by atoms with van der Waals surface area (Å²) in [5.41, 5.74) is 3.57. The molecular weight excluding hydrogens is 270 g/mol. The van der Waals surface area contributed by atoms with Gasteiger partial charge in [-0.3, -0.25) is 0 Å². The van der Waals surface area contributed by atoms with Crippen molar-refractivity contribution < 1.29 is 0 Å². The molecule has 0 amide bonds. The normalized spacial score (nSPS) is 20.6. The van der Waals surface area contributed by atoms with Gasteiger partial charge in [-0.05, 0) is 57.0 Å². The number of imidazole rings is 1. The molecule has 1 atom stereocenters. The zero-order valence-electron chi connectivity index (χ0n) is 12.3. The minimum Gasteiger partial charge on any atom is -0.327 e. The van der Waals surface area contributed by atoms with Crippen LogP contribution < -0.4 is 0 Å². The van der Waals surface area contributed by atoms with E-state index in [2.05, 4.69) is 46.6 Å². The molecule has 0 bridgehead atoms. The van der Waals surface area contributed by atoms with Gasteiger partial charge in [0.25, 0.3) is 0 Å². The Kier molecular flexibility index (Phi) is 3.99. The molecule has 3 nitrogen and oxygen atoms in total. The van der Waals surface area contributed by atoms with Crippen LogP contribution in [0.4, 0.5) is 0 Å². The second-order valence-corrected chi connectivity index (χ2v) is 6.30. The van der Waals surface area contributed by atoms with Crippen LogP contribution in [0.2, 0.25) is 0 Å². The summed E-state index contributed by atoms with van der Waals surface area (Å²) in [6, 6.07) is 6.45. The number of fused-ring (bicyclic) bond motifs is 1. The first-order valence-corrected chi connectivity index (χ1v) is 7.91. The van der Waals surface area contributed by atoms with Gasteiger partial charge in [0.2, 0.25) is 0 Å². The van der Waals surface area contributed by atoms with Gasteiger partial charge >= 0.3 is 0 Å². The number of rotatable bonds is 3. The molecule has 0 radical (unpaired) electrons. The number of likely N-dealkylation sites (tertiary alicyclic amines) is 1. The highest BCUT2D eigenvalue weighted by Crippen LogP contribution is 2.24. The fourth-order valence-electron chi connectivity index (χ4n) is 3.27. The number of hydrogen-bond acceptors (Lipinski definition) is 2. The van der Waals surface area contributed by atoms with Gasteiger partial charge < -0.3 is 9.47 Å². The van der Waals surface area contributed by atoms with Crippen molar-refractivity contribution in [2.75, 3.05) is 20.1 Å². The van der Waals surface area contributed by atoms with Crippen LogP contribution in [-0.2, 0) is 12.4 Å². The molecule has 20 heavy (non-hydrogen) atoms. The Bertz CT molecular complexity index is 605. The zero-order valence-corrected chi connectivity index (χ0v) is 13.0. The van der Waals surface area contributed by atoms with Crippen molar-refractivity contribution in [2.24, 2.45) is 5.92 Å². The van der Waals surface area contributed by atoms with Crippen molar-refractivity contribution in [3.63, 3.8) is 0 Å². The number of aromatic nitrogens is 2. The second-order valence-electron chi connectivity index (χ2n) is 6.03. The molecule has 0 N–H and O–H groups in total. The van der Waals surface area contributed by atoms with Gasteiger partial charge in [0.05, 0.1) is 16.9 Å². The summed E-state index contributed by atoms with van der Waals surface area (Å²) in [4.78, 5) is 7.10. The molecule has 1 aromatic carbocycles. The summed E-state index contributed by atoms with van der Waals surface area (Å²) in [7, 11) is 2.21. The molecule has 0 aliphatic carbocycles. The van der Waals surface area contributed by atoms with E-state index in [1.807, 2.05) is 0 Å². The number of nitrogens with zero attached hydrogens (tertiary/aromatic N) is 3. The van der Waals surface area contributed by atoms with Gasteiger partial charge in [-0.2, -0.15) is 0 Å². The van der Waals surface area contributed by atoms with Gasteiger partial charge in [-0.15, -0.1) is 11.6 Å². The predicted molar refractivity (Wildman–Crippen MR) is 84.2 cm³/mol. The van der Waals surface area contributed by atoms with E-state index in [1.165, 1.54) is 37.0 Å². The molecule has 2 heterocycles. The Labute approximate surface area is 125 Å². The van der Waals surface area contributed by atoms with Crippen molar-refractivity contribution >= 4 is 22.6 Å². The van der Waals surface area contributed by atoms with Crippen LogP contribution in [0.15, 0.2) is 18.2 Å². The number of piperidine rings is 1. The van der Waals surface area contributed by atoms with Gasteiger partial charge in [-0.1, -0.05) is 6.07 Å². The minimum absolute atomic E-state index is 0.482. The molecule has 1 aliphatic rings. The zero-order chi connectivity index (χ0) is 14.1. The highest BCUT2D eigenvalue weighted by atomic mass is 35.5. The lowest BCUT2D eigenvalue weighted by Gasteiger charge is -2.30. The van der Waals surface area contributed by atoms with Gasteiger partial charge in [-0.25, -0.2) is 4.98 Å². The molecule has 108 valence electrons. The number of benzene rings is 1. The van der Waals surface area contributed by atoms with E-state index in [-0.39, 0.29) is 0 Å². The van der Waals surface area contributed by atoms with Gasteiger partial charge in [0.15, 0.2) is 0 Å². The van der Waals surface area contributed by atoms with Crippen molar-refractivity contribution in [3.8, 4) is 0 Å². The summed E-state index contributed by atoms with van der Waals surface area (Å²) in [6.07, 6.45) is 2.60. The molecule has 1 aliphatic heterocycles. The average Bonchev–Trinajstić information content (AvgIpc) is 2.76. The summed E-state index contributed by atoms with van der Waals surface area (Å²) >= 11 is 6.10. The smallest absolute Gasteiger partial charge is 0.124 e. The molecule has 1 unspecified atom stereocenters. The van der Waals surface area contributed by atoms with E-state index < -0.39 is 0 Å². The number of hydrogen-bond donors (Lipinski definition) is 0. The summed E-state index contributed by atoms with van der Waals surface area (Å²) < 4.78 is 2.33. The van der Waals surface area contributed by atoms with Crippen molar-refractivity contribution in [1.82, 2.24) is 14.5 Å². The van der Waals surface area contributed by atoms with Crippen LogP contribution in [-0.4, -0.2) is 34.6 Å². The first kappa shape index (κ1) is 13.9. The summed E-state index contributed by atoms with van der Waals surface area (Å²) in [5.74, 6) is 2.19. The standard InChI is InChI=1S/C16H22ClN3/c1-12-5-6-14-15(8-12)20(16(9-17)18-14)11-13-4-3-7-19(2)10-13/h5-6,8,13H,3-4,7,9-11H2,1-2H3. The molecule has 0 saturated carbocycles. The van der Waals surface area contributed by atoms with Crippen molar-refractivity contribution in [2.45, 2.75) is 32.2 Å². The third-order valence-corrected chi connectivity index (χ3v) is 4.50. The lowest BCUT2D eigenvalue weighted by Crippen LogP contribution is -2.34. The molecule has 3 rings (SSSR count). The maximum absolute atomic E-state index is 6.10. The molecule has 2 aromatic rings. The Morgan fingerprint density at radius 1 is 1.40 bits per heavy atom. The number of alkyl halides is 1. The van der Waals surface area contributed by atoms with E-state index in [9.17, 15) is 0 Å². The Morgan fingerprint density at radius 2 is 2.25 bits per heavy atom. The van der Waals surface area contributed by atoms with Gasteiger partial charge in [0.1, 0.15) is 5.82 Å². The first-order chi connectivity index (χ1) is 9.67. The topological polar surface area (TPSA) is 21.1 Å². The molecule has 0 spiro atoms. The van der Waals surface area contributed by atoms with Crippen LogP contribution >= 0.6 is 11.6 Å². The summed E-state index contributed by atoms with van der Waals surface area (Å²) in [5, 5.41) is 0. The fraction of sp³-hybridized carbons (Fsp3) is 0.562. The largest absolute Gasteiger partial charge is 0.327 e. The Hall–Kier alpha value is -1.06. The molecule has 1 fully saturated rings. The average molecular weight is 292 g/mol. The molecule has 4 heteroatoms. The van der Waals surface area contributed by atoms with Crippen molar-refractivity contribution in [1.29, 1.82) is 0 Å². The van der Waals surface area contributed by atoms with Crippen molar-refractivity contribution in [3.05, 3.63) is 29.6 Å². The van der Waals surface area contributed by atoms with Gasteiger partial charge in [0, 0.05) is 13.1 Å². The van der Waals surface area contributed by atoms with Crippen LogP contribution in [0.3, 0.4) is 0 Å². The Morgan fingerprint density at radius 3 is 3.00 bits per heavy atom. The maximum atomic E-state index is 6.10. The van der Waals surface area contributed by atoms with E-state index in [1.54, 1.807) is 0 Å². The monoisotopic (exact) mass is 291 g/mol. The number of halogens is 1.